The number of aryl methyl sites for hydroxylation is 1. The third-order valence-electron chi connectivity index (χ3n) is 4.42. The minimum Gasteiger partial charge on any atom is -0.328 e. The monoisotopic (exact) mass is 285 g/mol. The van der Waals surface area contributed by atoms with Crippen LogP contribution in [0.3, 0.4) is 0 Å². The molecule has 114 valence electrons. The summed E-state index contributed by atoms with van der Waals surface area (Å²) in [6, 6.07) is 9.11. The molecule has 1 aliphatic carbocycles. The van der Waals surface area contributed by atoms with Crippen molar-refractivity contribution in [3.63, 3.8) is 0 Å². The standard InChI is InChI=1S/C18H27N3/c1-3-11-21-17-8-6-5-7-16(17)20-18(21)13-15(19-4-2)12-14-9-10-14/h5-8,14-15,19H,3-4,9-13H2,1-2H3. The molecule has 0 bridgehead atoms. The molecule has 1 saturated carbocycles. The molecule has 0 spiro atoms. The van der Waals surface area contributed by atoms with Gasteiger partial charge in [-0.2, -0.15) is 0 Å². The van der Waals surface area contributed by atoms with E-state index in [-0.39, 0.29) is 0 Å². The van der Waals surface area contributed by atoms with Crippen molar-refractivity contribution in [3.05, 3.63) is 30.1 Å². The molecule has 3 rings (SSSR count). The van der Waals surface area contributed by atoms with Gasteiger partial charge < -0.3 is 9.88 Å². The molecule has 1 aromatic heterocycles. The fourth-order valence-corrected chi connectivity index (χ4v) is 3.26. The Morgan fingerprint density at radius 1 is 1.29 bits per heavy atom. The van der Waals surface area contributed by atoms with Crippen LogP contribution in [0.1, 0.15) is 45.4 Å². The Balaban J connectivity index is 1.84. The van der Waals surface area contributed by atoms with Gasteiger partial charge in [0.1, 0.15) is 5.82 Å². The smallest absolute Gasteiger partial charge is 0.111 e. The van der Waals surface area contributed by atoms with Gasteiger partial charge in [-0.1, -0.05) is 38.8 Å². The van der Waals surface area contributed by atoms with Gasteiger partial charge in [-0.3, -0.25) is 0 Å². The first-order valence-electron chi connectivity index (χ1n) is 8.49. The molecule has 0 radical (unpaired) electrons. The number of fused-ring (bicyclic) bond motifs is 1. The molecule has 1 atom stereocenters. The van der Waals surface area contributed by atoms with Crippen LogP contribution in [0.15, 0.2) is 24.3 Å². The molecule has 3 heteroatoms. The summed E-state index contributed by atoms with van der Waals surface area (Å²) in [6.45, 7) is 6.56. The van der Waals surface area contributed by atoms with Crippen molar-refractivity contribution in [1.29, 1.82) is 0 Å². The Hall–Kier alpha value is -1.35. The van der Waals surface area contributed by atoms with Crippen LogP contribution in [-0.4, -0.2) is 22.1 Å². The molecule has 2 aromatic rings. The Bertz CT molecular complexity index is 583. The first-order chi connectivity index (χ1) is 10.3. The molecule has 1 aliphatic rings. The minimum absolute atomic E-state index is 0.579. The van der Waals surface area contributed by atoms with Gasteiger partial charge in [0.15, 0.2) is 0 Å². The summed E-state index contributed by atoms with van der Waals surface area (Å²) in [6.07, 6.45) is 6.37. The van der Waals surface area contributed by atoms with Gasteiger partial charge in [0.05, 0.1) is 11.0 Å². The molecule has 0 saturated heterocycles. The van der Waals surface area contributed by atoms with Gasteiger partial charge in [-0.25, -0.2) is 4.98 Å². The summed E-state index contributed by atoms with van der Waals surface area (Å²) in [5, 5.41) is 3.66. The number of nitrogens with one attached hydrogen (secondary N) is 1. The number of para-hydroxylation sites is 2. The highest BCUT2D eigenvalue weighted by atomic mass is 15.1. The zero-order valence-corrected chi connectivity index (χ0v) is 13.3. The maximum Gasteiger partial charge on any atom is 0.111 e. The number of rotatable bonds is 8. The molecule has 1 unspecified atom stereocenters. The lowest BCUT2D eigenvalue weighted by molar-refractivity contribution is 0.450. The molecule has 21 heavy (non-hydrogen) atoms. The third-order valence-corrected chi connectivity index (χ3v) is 4.42. The molecule has 3 nitrogen and oxygen atoms in total. The second kappa shape index (κ2) is 6.61. The van der Waals surface area contributed by atoms with Crippen molar-refractivity contribution in [1.82, 2.24) is 14.9 Å². The first kappa shape index (κ1) is 14.6. The van der Waals surface area contributed by atoms with E-state index in [1.165, 1.54) is 30.6 Å². The molecule has 1 N–H and O–H groups in total. The zero-order chi connectivity index (χ0) is 14.7. The lowest BCUT2D eigenvalue weighted by Crippen LogP contribution is -2.32. The fourth-order valence-electron chi connectivity index (χ4n) is 3.26. The number of benzene rings is 1. The van der Waals surface area contributed by atoms with Gasteiger partial charge in [0.2, 0.25) is 0 Å². The van der Waals surface area contributed by atoms with E-state index in [0.29, 0.717) is 6.04 Å². The second-order valence-corrected chi connectivity index (χ2v) is 6.31. The summed E-state index contributed by atoms with van der Waals surface area (Å²) in [5.41, 5.74) is 2.43. The summed E-state index contributed by atoms with van der Waals surface area (Å²) in [7, 11) is 0. The molecular weight excluding hydrogens is 258 g/mol. The predicted molar refractivity (Wildman–Crippen MR) is 88.5 cm³/mol. The van der Waals surface area contributed by atoms with E-state index in [1.54, 1.807) is 0 Å². The Morgan fingerprint density at radius 3 is 2.81 bits per heavy atom. The zero-order valence-electron chi connectivity index (χ0n) is 13.3. The van der Waals surface area contributed by atoms with Gasteiger partial charge in [0.25, 0.3) is 0 Å². The molecule has 1 fully saturated rings. The van der Waals surface area contributed by atoms with Crippen LogP contribution in [0.5, 0.6) is 0 Å². The highest BCUT2D eigenvalue weighted by Gasteiger charge is 2.26. The van der Waals surface area contributed by atoms with E-state index in [4.69, 9.17) is 4.98 Å². The van der Waals surface area contributed by atoms with Crippen molar-refractivity contribution in [2.24, 2.45) is 5.92 Å². The van der Waals surface area contributed by atoms with Crippen molar-refractivity contribution in [2.45, 2.75) is 58.5 Å². The van der Waals surface area contributed by atoms with E-state index in [9.17, 15) is 0 Å². The summed E-state index contributed by atoms with van der Waals surface area (Å²) < 4.78 is 2.42. The molecule has 1 aromatic carbocycles. The van der Waals surface area contributed by atoms with Crippen LogP contribution in [-0.2, 0) is 13.0 Å². The third kappa shape index (κ3) is 3.46. The van der Waals surface area contributed by atoms with Crippen LogP contribution < -0.4 is 5.32 Å². The molecular formula is C18H27N3. The highest BCUT2D eigenvalue weighted by molar-refractivity contribution is 5.75. The number of aromatic nitrogens is 2. The minimum atomic E-state index is 0.579. The van der Waals surface area contributed by atoms with Crippen molar-refractivity contribution >= 4 is 11.0 Å². The normalized spacial score (nSPS) is 16.5. The van der Waals surface area contributed by atoms with Crippen LogP contribution in [0.4, 0.5) is 0 Å². The van der Waals surface area contributed by atoms with Crippen LogP contribution >= 0.6 is 0 Å². The van der Waals surface area contributed by atoms with Gasteiger partial charge in [-0.05, 0) is 37.4 Å². The average molecular weight is 285 g/mol. The summed E-state index contributed by atoms with van der Waals surface area (Å²) in [5.74, 6) is 2.21. The van der Waals surface area contributed by atoms with E-state index >= 15 is 0 Å². The van der Waals surface area contributed by atoms with Gasteiger partial charge in [0, 0.05) is 19.0 Å². The number of imidazole rings is 1. The number of hydrogen-bond donors (Lipinski definition) is 1. The Labute approximate surface area is 127 Å². The quantitative estimate of drug-likeness (QED) is 0.800. The van der Waals surface area contributed by atoms with E-state index in [2.05, 4.69) is 48.0 Å². The van der Waals surface area contributed by atoms with Gasteiger partial charge >= 0.3 is 0 Å². The lowest BCUT2D eigenvalue weighted by Gasteiger charge is -2.18. The highest BCUT2D eigenvalue weighted by Crippen LogP contribution is 2.34. The largest absolute Gasteiger partial charge is 0.328 e. The second-order valence-electron chi connectivity index (χ2n) is 6.31. The summed E-state index contributed by atoms with van der Waals surface area (Å²) >= 11 is 0. The maximum atomic E-state index is 4.90. The first-order valence-corrected chi connectivity index (χ1v) is 8.49. The SMILES string of the molecule is CCCn1c(CC(CC2CC2)NCC)nc2ccccc21. The van der Waals surface area contributed by atoms with Gasteiger partial charge in [-0.15, -0.1) is 0 Å². The molecule has 0 amide bonds. The van der Waals surface area contributed by atoms with Crippen LogP contribution in [0, 0.1) is 5.92 Å². The Kier molecular flexibility index (Phi) is 4.59. The average Bonchev–Trinajstić information content (AvgIpc) is 3.23. The van der Waals surface area contributed by atoms with E-state index in [1.807, 2.05) is 0 Å². The topological polar surface area (TPSA) is 29.9 Å². The van der Waals surface area contributed by atoms with Crippen molar-refractivity contribution in [2.75, 3.05) is 6.54 Å². The fraction of sp³-hybridized carbons (Fsp3) is 0.611. The van der Waals surface area contributed by atoms with E-state index in [0.717, 1.165) is 37.4 Å². The number of nitrogens with zero attached hydrogens (tertiary/aromatic N) is 2. The van der Waals surface area contributed by atoms with Crippen molar-refractivity contribution in [3.8, 4) is 0 Å². The number of likely N-dealkylation sites (N-methyl/N-ethyl adjacent to an activating group) is 1. The van der Waals surface area contributed by atoms with Crippen molar-refractivity contribution < 1.29 is 0 Å². The van der Waals surface area contributed by atoms with E-state index < -0.39 is 0 Å². The van der Waals surface area contributed by atoms with Crippen LogP contribution in [0.25, 0.3) is 11.0 Å². The maximum absolute atomic E-state index is 4.90. The van der Waals surface area contributed by atoms with Crippen LogP contribution in [0.2, 0.25) is 0 Å². The lowest BCUT2D eigenvalue weighted by atomic mass is 10.1. The Morgan fingerprint density at radius 2 is 2.10 bits per heavy atom. The molecule has 0 aliphatic heterocycles. The predicted octanol–water partition coefficient (Wildman–Crippen LogP) is 3.77. The number of hydrogen-bond acceptors (Lipinski definition) is 2. The molecule has 1 heterocycles. The summed E-state index contributed by atoms with van der Waals surface area (Å²) in [4.78, 5) is 4.90.